The third-order valence-corrected chi connectivity index (χ3v) is 3.13. The lowest BCUT2D eigenvalue weighted by Crippen LogP contribution is -1.99. The summed E-state index contributed by atoms with van der Waals surface area (Å²) in [7, 11) is 0. The van der Waals surface area contributed by atoms with Crippen LogP contribution in [0.3, 0.4) is 0 Å². The smallest absolute Gasteiger partial charge is 0.417 e. The molecule has 0 radical (unpaired) electrons. The van der Waals surface area contributed by atoms with Crippen LogP contribution in [0.5, 0.6) is 0 Å². The fourth-order valence-electron chi connectivity index (χ4n) is 2.23. The molecule has 0 aliphatic carbocycles. The van der Waals surface area contributed by atoms with Crippen LogP contribution in [0.25, 0.3) is 11.1 Å². The molecular weight excluding hydrogens is 246 g/mol. The summed E-state index contributed by atoms with van der Waals surface area (Å²) in [6.07, 6.45) is -0.804. The molecule has 3 rings (SSSR count). The molecule has 0 fully saturated rings. The second kappa shape index (κ2) is 4.13. The lowest BCUT2D eigenvalue weighted by Gasteiger charge is -2.09. The van der Waals surface area contributed by atoms with Gasteiger partial charge in [0.2, 0.25) is 0 Å². The van der Waals surface area contributed by atoms with E-state index in [0.29, 0.717) is 22.4 Å². The predicted molar refractivity (Wildman–Crippen MR) is 69.1 cm³/mol. The highest BCUT2D eigenvalue weighted by molar-refractivity contribution is 5.73. The van der Waals surface area contributed by atoms with E-state index >= 15 is 0 Å². The molecule has 0 amide bonds. The van der Waals surface area contributed by atoms with Crippen molar-refractivity contribution < 1.29 is 13.9 Å². The van der Waals surface area contributed by atoms with Crippen LogP contribution in [0, 0.1) is 13.8 Å². The van der Waals surface area contributed by atoms with Gasteiger partial charge in [-0.05, 0) is 37.6 Å². The molecule has 0 saturated carbocycles. The van der Waals surface area contributed by atoms with Gasteiger partial charge >= 0.3 is 5.76 Å². The number of hydrogen-bond donors (Lipinski definition) is 2. The summed E-state index contributed by atoms with van der Waals surface area (Å²) in [6.45, 7) is 3.64. The lowest BCUT2D eigenvalue weighted by molar-refractivity contribution is 0.218. The molecular formula is C14H13NO4. The molecule has 5 nitrogen and oxygen atoms in total. The topological polar surface area (TPSA) is 79.4 Å². The Balaban J connectivity index is 2.08. The summed E-state index contributed by atoms with van der Waals surface area (Å²) in [4.78, 5) is 13.7. The Morgan fingerprint density at radius 3 is 2.68 bits per heavy atom. The minimum atomic E-state index is -0.804. The number of furan rings is 1. The average molecular weight is 259 g/mol. The quantitative estimate of drug-likeness (QED) is 0.740. The van der Waals surface area contributed by atoms with Crippen molar-refractivity contribution in [3.8, 4) is 0 Å². The molecule has 5 heteroatoms. The number of rotatable bonds is 2. The molecule has 0 saturated heterocycles. The lowest BCUT2D eigenvalue weighted by atomic mass is 10.0. The normalized spacial score (nSPS) is 13.0. The maximum Gasteiger partial charge on any atom is 0.417 e. The maximum absolute atomic E-state index is 11.1. The zero-order valence-corrected chi connectivity index (χ0v) is 10.6. The van der Waals surface area contributed by atoms with Crippen LogP contribution >= 0.6 is 0 Å². The van der Waals surface area contributed by atoms with Crippen molar-refractivity contribution in [2.75, 3.05) is 0 Å². The number of oxazole rings is 1. The first-order valence-electron chi connectivity index (χ1n) is 5.92. The molecule has 0 aliphatic heterocycles. The van der Waals surface area contributed by atoms with Crippen molar-refractivity contribution in [2.24, 2.45) is 0 Å². The highest BCUT2D eigenvalue weighted by atomic mass is 16.4. The Bertz CT molecular complexity index is 793. The zero-order chi connectivity index (χ0) is 13.6. The van der Waals surface area contributed by atoms with Gasteiger partial charge in [-0.15, -0.1) is 0 Å². The van der Waals surface area contributed by atoms with E-state index in [-0.39, 0.29) is 0 Å². The third kappa shape index (κ3) is 1.98. The predicted octanol–water partition coefficient (Wildman–Crippen LogP) is 2.41. The standard InChI is InChI=1S/C14H13NO4/c1-7-5-10(8(2)18-7)13(16)9-3-4-11-12(6-9)19-14(17)15-11/h3-6,13,16H,1-2H3,(H,15,17). The number of H-pyrrole nitrogens is 1. The van der Waals surface area contributed by atoms with Crippen molar-refractivity contribution in [3.05, 3.63) is 57.5 Å². The van der Waals surface area contributed by atoms with Gasteiger partial charge in [0.1, 0.15) is 17.6 Å². The Morgan fingerprint density at radius 2 is 2.00 bits per heavy atom. The molecule has 0 spiro atoms. The number of nitrogens with one attached hydrogen (secondary N) is 1. The van der Waals surface area contributed by atoms with Crippen molar-refractivity contribution >= 4 is 11.1 Å². The number of fused-ring (bicyclic) bond motifs is 1. The molecule has 0 bridgehead atoms. The number of aryl methyl sites for hydroxylation is 2. The van der Waals surface area contributed by atoms with E-state index in [1.165, 1.54) is 0 Å². The fourth-order valence-corrected chi connectivity index (χ4v) is 2.23. The van der Waals surface area contributed by atoms with E-state index in [1.54, 1.807) is 31.2 Å². The van der Waals surface area contributed by atoms with Crippen molar-refractivity contribution in [1.29, 1.82) is 0 Å². The van der Waals surface area contributed by atoms with E-state index in [0.717, 1.165) is 11.3 Å². The van der Waals surface area contributed by atoms with Gasteiger partial charge in [0.15, 0.2) is 5.58 Å². The monoisotopic (exact) mass is 259 g/mol. The van der Waals surface area contributed by atoms with Crippen LogP contribution in [0.15, 0.2) is 37.9 Å². The van der Waals surface area contributed by atoms with E-state index < -0.39 is 11.9 Å². The molecule has 2 N–H and O–H groups in total. The molecule has 98 valence electrons. The van der Waals surface area contributed by atoms with Gasteiger partial charge in [-0.3, -0.25) is 4.98 Å². The molecule has 2 heterocycles. The molecule has 3 aromatic rings. The van der Waals surface area contributed by atoms with Crippen LogP contribution in [-0.4, -0.2) is 10.1 Å². The summed E-state index contributed by atoms with van der Waals surface area (Å²) >= 11 is 0. The number of aliphatic hydroxyl groups is 1. The second-order valence-electron chi connectivity index (χ2n) is 4.54. The fraction of sp³-hybridized carbons (Fsp3) is 0.214. The molecule has 1 aromatic carbocycles. The third-order valence-electron chi connectivity index (χ3n) is 3.13. The first kappa shape index (κ1) is 11.8. The van der Waals surface area contributed by atoms with Gasteiger partial charge in [0, 0.05) is 5.56 Å². The highest BCUT2D eigenvalue weighted by Crippen LogP contribution is 2.28. The number of aliphatic hydroxyl groups excluding tert-OH is 1. The molecule has 0 aliphatic rings. The molecule has 19 heavy (non-hydrogen) atoms. The van der Waals surface area contributed by atoms with Gasteiger partial charge in [-0.2, -0.15) is 0 Å². The summed E-state index contributed by atoms with van der Waals surface area (Å²) in [6, 6.07) is 6.92. The van der Waals surface area contributed by atoms with Gasteiger partial charge < -0.3 is 13.9 Å². The van der Waals surface area contributed by atoms with Crippen LogP contribution in [-0.2, 0) is 0 Å². The second-order valence-corrected chi connectivity index (χ2v) is 4.54. The maximum atomic E-state index is 11.1. The highest BCUT2D eigenvalue weighted by Gasteiger charge is 2.17. The molecule has 1 atom stereocenters. The number of aromatic nitrogens is 1. The Hall–Kier alpha value is -2.27. The largest absolute Gasteiger partial charge is 0.466 e. The van der Waals surface area contributed by atoms with Crippen LogP contribution in [0.4, 0.5) is 0 Å². The Morgan fingerprint density at radius 1 is 1.21 bits per heavy atom. The number of benzene rings is 1. The molecule has 1 unspecified atom stereocenters. The van der Waals surface area contributed by atoms with Crippen LogP contribution in [0.2, 0.25) is 0 Å². The minimum absolute atomic E-state index is 0.430. The summed E-state index contributed by atoms with van der Waals surface area (Å²) < 4.78 is 10.4. The van der Waals surface area contributed by atoms with Gasteiger partial charge in [0.05, 0.1) is 5.52 Å². The molecule has 2 aromatic heterocycles. The number of hydrogen-bond acceptors (Lipinski definition) is 4. The Kier molecular flexibility index (Phi) is 2.57. The van der Waals surface area contributed by atoms with Crippen molar-refractivity contribution in [3.63, 3.8) is 0 Å². The first-order chi connectivity index (χ1) is 9.04. The van der Waals surface area contributed by atoms with Crippen molar-refractivity contribution in [1.82, 2.24) is 4.98 Å². The first-order valence-corrected chi connectivity index (χ1v) is 5.92. The van der Waals surface area contributed by atoms with E-state index in [4.69, 9.17) is 8.83 Å². The van der Waals surface area contributed by atoms with E-state index in [1.807, 2.05) is 6.92 Å². The summed E-state index contributed by atoms with van der Waals surface area (Å²) in [5.74, 6) is 0.929. The minimum Gasteiger partial charge on any atom is -0.466 e. The van der Waals surface area contributed by atoms with Gasteiger partial charge in [-0.25, -0.2) is 4.79 Å². The van der Waals surface area contributed by atoms with Gasteiger partial charge in [-0.1, -0.05) is 6.07 Å². The van der Waals surface area contributed by atoms with E-state index in [9.17, 15) is 9.90 Å². The SMILES string of the molecule is Cc1cc(C(O)c2ccc3[nH]c(=O)oc3c2)c(C)o1. The number of aromatic amines is 1. The zero-order valence-electron chi connectivity index (χ0n) is 10.6. The van der Waals surface area contributed by atoms with Gasteiger partial charge in [0.25, 0.3) is 0 Å². The average Bonchev–Trinajstić information content (AvgIpc) is 2.88. The Labute approximate surface area is 108 Å². The van der Waals surface area contributed by atoms with Crippen LogP contribution in [0.1, 0.15) is 28.8 Å². The summed E-state index contributed by atoms with van der Waals surface area (Å²) in [5, 5.41) is 10.4. The van der Waals surface area contributed by atoms with Crippen molar-refractivity contribution in [2.45, 2.75) is 20.0 Å². The summed E-state index contributed by atoms with van der Waals surface area (Å²) in [5.41, 5.74) is 2.41. The van der Waals surface area contributed by atoms with Crippen LogP contribution < -0.4 is 5.76 Å². The van der Waals surface area contributed by atoms with E-state index in [2.05, 4.69) is 4.98 Å².